The Kier molecular flexibility index (Phi) is 3.65. The van der Waals surface area contributed by atoms with E-state index in [0.717, 1.165) is 31.9 Å². The van der Waals surface area contributed by atoms with Crippen molar-refractivity contribution in [2.45, 2.75) is 0 Å². The molecule has 3 heteroatoms. The van der Waals surface area contributed by atoms with Crippen LogP contribution in [-0.2, 0) is 0 Å². The first-order valence-corrected chi connectivity index (χ1v) is 16.3. The van der Waals surface area contributed by atoms with E-state index >= 15 is 0 Å². The lowest BCUT2D eigenvalue weighted by Gasteiger charge is -2.16. The van der Waals surface area contributed by atoms with Gasteiger partial charge in [0.2, 0.25) is 0 Å². The summed E-state index contributed by atoms with van der Waals surface area (Å²) in [7, 11) is 0. The molecule has 0 aliphatic heterocycles. The largest absolute Gasteiger partial charge is 0.309 e. The summed E-state index contributed by atoms with van der Waals surface area (Å²) in [6, 6.07) is 21.6. The van der Waals surface area contributed by atoms with Crippen molar-refractivity contribution < 1.29 is 20.6 Å². The Morgan fingerprint density at radius 2 is 0.765 bits per heavy atom. The van der Waals surface area contributed by atoms with Gasteiger partial charge in [-0.25, -0.2) is 0 Å². The van der Waals surface area contributed by atoms with Gasteiger partial charge in [-0.2, -0.15) is 0 Å². The van der Waals surface area contributed by atoms with Crippen LogP contribution in [0.1, 0.15) is 20.6 Å². The lowest BCUT2D eigenvalue weighted by atomic mass is 10.0. The molecule has 3 heterocycles. The van der Waals surface area contributed by atoms with Crippen molar-refractivity contribution in [1.82, 2.24) is 13.7 Å². The van der Waals surface area contributed by atoms with E-state index < -0.39 is 96.3 Å². The number of aromatic nitrogens is 3. The zero-order valence-corrected chi connectivity index (χ0v) is 26.6. The van der Waals surface area contributed by atoms with Crippen molar-refractivity contribution in [3.8, 4) is 28.2 Å². The quantitative estimate of drug-likeness (QED) is 0.178. The number of hydrogen-bond donors (Lipinski definition) is 0. The van der Waals surface area contributed by atoms with Crippen LogP contribution >= 0.6 is 0 Å². The number of rotatable bonds is 4. The number of benzene rings is 8. The molecule has 0 spiro atoms. The van der Waals surface area contributed by atoms with E-state index in [4.69, 9.17) is 13.7 Å². The van der Waals surface area contributed by atoms with E-state index in [9.17, 15) is 6.85 Å². The Morgan fingerprint density at radius 3 is 1.35 bits per heavy atom. The first-order chi connectivity index (χ1) is 31.6. The van der Waals surface area contributed by atoms with Gasteiger partial charge in [0, 0.05) is 49.4 Å². The van der Waals surface area contributed by atoms with Crippen LogP contribution < -0.4 is 0 Å². The number of hydrogen-bond acceptors (Lipinski definition) is 0. The molecule has 0 N–H and O–H groups in total. The molecule has 51 heavy (non-hydrogen) atoms. The van der Waals surface area contributed by atoms with Crippen LogP contribution in [0.2, 0.25) is 0 Å². The highest BCUT2D eigenvalue weighted by Crippen LogP contribution is 2.39. The third kappa shape index (κ3) is 4.12. The van der Waals surface area contributed by atoms with Crippen LogP contribution in [0.25, 0.3) is 93.6 Å². The van der Waals surface area contributed by atoms with E-state index in [0.29, 0.717) is 16.9 Å². The monoisotopic (exact) mass is 664 g/mol. The van der Waals surface area contributed by atoms with E-state index in [1.165, 1.54) is 4.57 Å². The molecular weight excluding hydrogens is 619 g/mol. The highest BCUT2D eigenvalue weighted by atomic mass is 15.0. The van der Waals surface area contributed by atoms with Gasteiger partial charge >= 0.3 is 0 Å². The van der Waals surface area contributed by atoms with Crippen LogP contribution in [0, 0.1) is 0 Å². The molecule has 0 fully saturated rings. The first-order valence-electron chi connectivity index (χ1n) is 23.8. The normalized spacial score (nSPS) is 16.0. The SMILES string of the molecule is [2H]c1c([2H])c([2H])c2c(c1[2H])c1c([2H])c(-n3c4c([2H])c([2H])c([2H])c([2H])c4c4c([2H])c([2H])c([2H])c([2H])c43)c([2H])c([2H])c1n2-c1cc(-c2ccccc2)cc(-n2c3ccccc3c3ccccc32)c1. The van der Waals surface area contributed by atoms with Gasteiger partial charge in [0.25, 0.3) is 0 Å². The molecule has 11 rings (SSSR count). The fourth-order valence-corrected chi connectivity index (χ4v) is 7.37. The van der Waals surface area contributed by atoms with Crippen LogP contribution in [0.3, 0.4) is 0 Å². The molecule has 0 bridgehead atoms. The standard InChI is InChI=1S/C48H31N3/c1-2-14-32(15-3-1)33-28-35(50-45-23-11-6-18-39(45)40-19-7-12-24-46(40)50)30-36(29-33)51-47-25-13-8-20-41(47)42-31-34(26-27-48(42)51)49-43-21-9-4-16-37(43)38-17-5-10-22-44(38)49/h1-31H/i4D,5D,8D,9D,10D,13D,16D,17D,20D,21D,22D,25D,26D,27D,31D. The molecule has 0 unspecified atom stereocenters. The second-order valence-electron chi connectivity index (χ2n) is 12.3. The molecule has 0 saturated heterocycles. The minimum atomic E-state index is -0.708. The van der Waals surface area contributed by atoms with Crippen LogP contribution in [0.5, 0.6) is 0 Å². The van der Waals surface area contributed by atoms with Crippen molar-refractivity contribution >= 4 is 65.4 Å². The third-order valence-corrected chi connectivity index (χ3v) is 9.51. The summed E-state index contributed by atoms with van der Waals surface area (Å²) in [6.45, 7) is 0. The smallest absolute Gasteiger partial charge is 0.0652 e. The van der Waals surface area contributed by atoms with Crippen molar-refractivity contribution in [1.29, 1.82) is 0 Å². The molecule has 8 aromatic carbocycles. The summed E-state index contributed by atoms with van der Waals surface area (Å²) in [4.78, 5) is 0. The van der Waals surface area contributed by atoms with Crippen molar-refractivity contribution in [3.63, 3.8) is 0 Å². The topological polar surface area (TPSA) is 14.8 Å². The van der Waals surface area contributed by atoms with E-state index in [1.807, 2.05) is 97.1 Å². The van der Waals surface area contributed by atoms with Gasteiger partial charge < -0.3 is 13.7 Å². The van der Waals surface area contributed by atoms with Crippen molar-refractivity contribution in [2.24, 2.45) is 0 Å². The molecule has 0 aliphatic carbocycles. The fourth-order valence-electron chi connectivity index (χ4n) is 7.37. The van der Waals surface area contributed by atoms with Gasteiger partial charge in [-0.15, -0.1) is 0 Å². The Hall–Kier alpha value is -6.84. The third-order valence-electron chi connectivity index (χ3n) is 9.51. The number of para-hydroxylation sites is 5. The summed E-state index contributed by atoms with van der Waals surface area (Å²) >= 11 is 0. The maximum atomic E-state index is 10.0. The molecule has 3 nitrogen and oxygen atoms in total. The van der Waals surface area contributed by atoms with Crippen molar-refractivity contribution in [3.05, 3.63) is 188 Å². The van der Waals surface area contributed by atoms with Crippen LogP contribution in [0.15, 0.2) is 188 Å². The molecule has 0 aliphatic rings. The van der Waals surface area contributed by atoms with Gasteiger partial charge in [-0.1, -0.05) is 121 Å². The van der Waals surface area contributed by atoms with E-state index in [-0.39, 0.29) is 43.6 Å². The molecule has 238 valence electrons. The zero-order valence-electron chi connectivity index (χ0n) is 41.6. The average Bonchev–Trinajstić information content (AvgIpc) is 3.99. The summed E-state index contributed by atoms with van der Waals surface area (Å²) in [5, 5.41) is 1.06. The Labute approximate surface area is 315 Å². The number of fused-ring (bicyclic) bond motifs is 9. The first kappa shape index (κ1) is 17.2. The predicted octanol–water partition coefficient (Wildman–Crippen LogP) is 12.6. The highest BCUT2D eigenvalue weighted by Gasteiger charge is 2.19. The molecular formula is C48H31N3. The van der Waals surface area contributed by atoms with Gasteiger partial charge in [-0.05, 0) is 77.7 Å². The summed E-state index contributed by atoms with van der Waals surface area (Å²) in [6.07, 6.45) is 0. The minimum Gasteiger partial charge on any atom is -0.309 e. The second kappa shape index (κ2) is 10.8. The van der Waals surface area contributed by atoms with E-state index in [1.54, 1.807) is 0 Å². The maximum Gasteiger partial charge on any atom is 0.0652 e. The Bertz CT molecular complexity index is 3870. The van der Waals surface area contributed by atoms with Crippen molar-refractivity contribution in [2.75, 3.05) is 0 Å². The lowest BCUT2D eigenvalue weighted by Crippen LogP contribution is -2.00. The second-order valence-corrected chi connectivity index (χ2v) is 12.3. The predicted molar refractivity (Wildman–Crippen MR) is 215 cm³/mol. The van der Waals surface area contributed by atoms with Gasteiger partial charge in [0.15, 0.2) is 0 Å². The van der Waals surface area contributed by atoms with Crippen LogP contribution in [-0.4, -0.2) is 13.7 Å². The fraction of sp³-hybridized carbons (Fsp3) is 0. The molecule has 11 aromatic rings. The van der Waals surface area contributed by atoms with Gasteiger partial charge in [0.05, 0.1) is 53.7 Å². The molecule has 0 atom stereocenters. The summed E-state index contributed by atoms with van der Waals surface area (Å²) in [5.74, 6) is 0. The maximum absolute atomic E-state index is 10.0. The highest BCUT2D eigenvalue weighted by molar-refractivity contribution is 6.13. The molecule has 3 aromatic heterocycles. The summed E-state index contributed by atoms with van der Waals surface area (Å²) in [5.41, 5.74) is 2.83. The van der Waals surface area contributed by atoms with E-state index in [2.05, 4.69) is 4.57 Å². The van der Waals surface area contributed by atoms with Crippen LogP contribution in [0.4, 0.5) is 0 Å². The average molecular weight is 665 g/mol. The summed E-state index contributed by atoms with van der Waals surface area (Å²) < 4.78 is 141. The minimum absolute atomic E-state index is 0.0982. The Morgan fingerprint density at radius 1 is 0.314 bits per heavy atom. The van der Waals surface area contributed by atoms with Gasteiger partial charge in [0.1, 0.15) is 0 Å². The molecule has 0 saturated carbocycles. The molecule has 0 amide bonds. The zero-order chi connectivity index (χ0) is 46.5. The van der Waals surface area contributed by atoms with Gasteiger partial charge in [-0.3, -0.25) is 0 Å². The Balaban J connectivity index is 1.35. The number of nitrogens with zero attached hydrogens (tertiary/aromatic N) is 3. The lowest BCUT2D eigenvalue weighted by molar-refractivity contribution is 1.13. The molecule has 0 radical (unpaired) electrons.